The molecule has 7 heteroatoms. The van der Waals surface area contributed by atoms with Gasteiger partial charge in [-0.05, 0) is 68.0 Å². The van der Waals surface area contributed by atoms with Crippen molar-refractivity contribution >= 4 is 29.5 Å². The van der Waals surface area contributed by atoms with Gasteiger partial charge in [0.05, 0.1) is 0 Å². The molecule has 1 aliphatic carbocycles. The number of thioether (sulfide) groups is 1. The van der Waals surface area contributed by atoms with Crippen molar-refractivity contribution in [3.05, 3.63) is 29.3 Å². The molecule has 2 saturated heterocycles. The molecule has 3 fully saturated rings. The van der Waals surface area contributed by atoms with Gasteiger partial charge in [-0.15, -0.1) is 11.8 Å². The van der Waals surface area contributed by atoms with E-state index in [0.29, 0.717) is 23.8 Å². The fourth-order valence-electron chi connectivity index (χ4n) is 5.02. The number of fused-ring (bicyclic) bond motifs is 2. The van der Waals surface area contributed by atoms with Crippen LogP contribution in [0.15, 0.2) is 23.1 Å². The van der Waals surface area contributed by atoms with Gasteiger partial charge in [0.1, 0.15) is 6.04 Å². The lowest BCUT2D eigenvalue weighted by Crippen LogP contribution is -2.52. The minimum absolute atomic E-state index is 0.0995. The number of piperidine rings is 1. The Morgan fingerprint density at radius 3 is 2.59 bits per heavy atom. The van der Waals surface area contributed by atoms with Gasteiger partial charge in [0.15, 0.2) is 0 Å². The SMILES string of the molecule is O=C1CCC(N2Cc3cc(SC4CC5CNCC5C4)ccc3C2=O)C(=O)N1. The van der Waals surface area contributed by atoms with E-state index in [4.69, 9.17) is 0 Å². The first kappa shape index (κ1) is 17.3. The van der Waals surface area contributed by atoms with E-state index in [1.165, 1.54) is 17.7 Å². The number of benzene rings is 1. The molecule has 4 aliphatic rings. The van der Waals surface area contributed by atoms with Crippen molar-refractivity contribution < 1.29 is 14.4 Å². The zero-order valence-electron chi connectivity index (χ0n) is 15.1. The normalized spacial score (nSPS) is 32.6. The molecule has 0 bridgehead atoms. The smallest absolute Gasteiger partial charge is 0.255 e. The summed E-state index contributed by atoms with van der Waals surface area (Å²) in [7, 11) is 0. The number of amides is 3. The van der Waals surface area contributed by atoms with Gasteiger partial charge in [-0.1, -0.05) is 0 Å². The number of nitrogens with one attached hydrogen (secondary N) is 2. The molecular formula is C20H23N3O3S. The third-order valence-corrected chi connectivity index (χ3v) is 7.65. The average molecular weight is 385 g/mol. The molecule has 1 aromatic carbocycles. The maximum atomic E-state index is 12.8. The Morgan fingerprint density at radius 1 is 1.07 bits per heavy atom. The minimum Gasteiger partial charge on any atom is -0.322 e. The van der Waals surface area contributed by atoms with Gasteiger partial charge < -0.3 is 10.2 Å². The number of hydrogen-bond acceptors (Lipinski definition) is 5. The molecule has 3 heterocycles. The molecule has 1 saturated carbocycles. The van der Waals surface area contributed by atoms with Gasteiger partial charge >= 0.3 is 0 Å². The Balaban J connectivity index is 1.29. The zero-order valence-corrected chi connectivity index (χ0v) is 15.9. The van der Waals surface area contributed by atoms with E-state index >= 15 is 0 Å². The van der Waals surface area contributed by atoms with Crippen LogP contribution in [0, 0.1) is 11.8 Å². The van der Waals surface area contributed by atoms with Crippen molar-refractivity contribution in [2.75, 3.05) is 13.1 Å². The Bertz CT molecular complexity index is 815. The third kappa shape index (κ3) is 3.06. The first-order chi connectivity index (χ1) is 13.1. The van der Waals surface area contributed by atoms with Crippen LogP contribution in [0.5, 0.6) is 0 Å². The van der Waals surface area contributed by atoms with Crippen molar-refractivity contribution in [3.8, 4) is 0 Å². The lowest BCUT2D eigenvalue weighted by Gasteiger charge is -2.29. The van der Waals surface area contributed by atoms with Crippen LogP contribution in [0.4, 0.5) is 0 Å². The van der Waals surface area contributed by atoms with Crippen LogP contribution in [-0.4, -0.2) is 47.0 Å². The van der Waals surface area contributed by atoms with E-state index in [2.05, 4.69) is 16.7 Å². The fraction of sp³-hybridized carbons (Fsp3) is 0.550. The van der Waals surface area contributed by atoms with E-state index in [9.17, 15) is 14.4 Å². The maximum Gasteiger partial charge on any atom is 0.255 e. The minimum atomic E-state index is -0.541. The molecule has 27 heavy (non-hydrogen) atoms. The summed E-state index contributed by atoms with van der Waals surface area (Å²) in [6.07, 6.45) is 3.23. The number of hydrogen-bond donors (Lipinski definition) is 2. The molecule has 6 nitrogen and oxygen atoms in total. The summed E-state index contributed by atoms with van der Waals surface area (Å²) in [4.78, 5) is 39.1. The molecule has 142 valence electrons. The monoisotopic (exact) mass is 385 g/mol. The van der Waals surface area contributed by atoms with Crippen LogP contribution in [0.2, 0.25) is 0 Å². The highest BCUT2D eigenvalue weighted by atomic mass is 32.2. The summed E-state index contributed by atoms with van der Waals surface area (Å²) in [6.45, 7) is 2.76. The second-order valence-electron chi connectivity index (χ2n) is 8.11. The molecule has 5 rings (SSSR count). The predicted octanol–water partition coefficient (Wildman–Crippen LogP) is 1.54. The Kier molecular flexibility index (Phi) is 4.24. The van der Waals surface area contributed by atoms with Gasteiger partial charge in [-0.3, -0.25) is 19.7 Å². The maximum absolute atomic E-state index is 12.8. The third-order valence-electron chi connectivity index (χ3n) is 6.41. The van der Waals surface area contributed by atoms with Crippen LogP contribution in [0.25, 0.3) is 0 Å². The molecule has 1 aromatic rings. The summed E-state index contributed by atoms with van der Waals surface area (Å²) in [5, 5.41) is 6.49. The first-order valence-corrected chi connectivity index (χ1v) is 10.6. The van der Waals surface area contributed by atoms with Crippen LogP contribution in [-0.2, 0) is 16.1 Å². The van der Waals surface area contributed by atoms with Crippen LogP contribution < -0.4 is 10.6 Å². The molecule has 0 radical (unpaired) electrons. The molecule has 2 N–H and O–H groups in total. The number of carbonyl (C=O) groups is 3. The summed E-state index contributed by atoms with van der Waals surface area (Å²) in [6, 6.07) is 5.53. The largest absolute Gasteiger partial charge is 0.322 e. The van der Waals surface area contributed by atoms with Crippen molar-refractivity contribution in [2.24, 2.45) is 11.8 Å². The van der Waals surface area contributed by atoms with Crippen LogP contribution in [0.3, 0.4) is 0 Å². The highest BCUT2D eigenvalue weighted by Gasteiger charge is 2.40. The summed E-state index contributed by atoms with van der Waals surface area (Å²) in [5.74, 6) is 0.935. The van der Waals surface area contributed by atoms with Crippen LogP contribution in [0.1, 0.15) is 41.6 Å². The zero-order chi connectivity index (χ0) is 18.5. The first-order valence-electron chi connectivity index (χ1n) is 9.73. The number of rotatable bonds is 3. The van der Waals surface area contributed by atoms with E-state index in [1.807, 2.05) is 23.9 Å². The second-order valence-corrected chi connectivity index (χ2v) is 9.48. The van der Waals surface area contributed by atoms with Crippen LogP contribution >= 0.6 is 11.8 Å². The van der Waals surface area contributed by atoms with E-state index in [-0.39, 0.29) is 24.1 Å². The number of carbonyl (C=O) groups excluding carboxylic acids is 3. The highest BCUT2D eigenvalue weighted by molar-refractivity contribution is 8.00. The summed E-state index contributed by atoms with van der Waals surface area (Å²) in [5.41, 5.74) is 1.69. The molecule has 3 unspecified atom stereocenters. The van der Waals surface area contributed by atoms with Gasteiger partial charge in [-0.2, -0.15) is 0 Å². The van der Waals surface area contributed by atoms with E-state index < -0.39 is 6.04 Å². The average Bonchev–Trinajstić information content (AvgIpc) is 3.29. The lowest BCUT2D eigenvalue weighted by atomic mass is 10.0. The van der Waals surface area contributed by atoms with E-state index in [0.717, 1.165) is 30.5 Å². The Morgan fingerprint density at radius 2 is 1.85 bits per heavy atom. The Labute approximate surface area is 162 Å². The summed E-state index contributed by atoms with van der Waals surface area (Å²) >= 11 is 1.93. The molecule has 3 aliphatic heterocycles. The quantitative estimate of drug-likeness (QED) is 0.772. The van der Waals surface area contributed by atoms with Gasteiger partial charge in [0.25, 0.3) is 5.91 Å². The van der Waals surface area contributed by atoms with Gasteiger partial charge in [0, 0.05) is 28.7 Å². The number of imide groups is 1. The van der Waals surface area contributed by atoms with Crippen molar-refractivity contribution in [1.82, 2.24) is 15.5 Å². The van der Waals surface area contributed by atoms with E-state index in [1.54, 1.807) is 4.90 Å². The fourth-order valence-corrected chi connectivity index (χ4v) is 6.45. The van der Waals surface area contributed by atoms with Crippen molar-refractivity contribution in [1.29, 1.82) is 0 Å². The molecule has 3 atom stereocenters. The van der Waals surface area contributed by atoms with Crippen molar-refractivity contribution in [3.63, 3.8) is 0 Å². The van der Waals surface area contributed by atoms with Gasteiger partial charge in [0.2, 0.25) is 11.8 Å². The molecule has 3 amide bonds. The van der Waals surface area contributed by atoms with Gasteiger partial charge in [-0.25, -0.2) is 0 Å². The number of nitrogens with zero attached hydrogens (tertiary/aromatic N) is 1. The van der Waals surface area contributed by atoms with Crippen molar-refractivity contribution in [2.45, 2.75) is 48.4 Å². The molecule has 0 aromatic heterocycles. The second kappa shape index (κ2) is 6.63. The topological polar surface area (TPSA) is 78.5 Å². The molecular weight excluding hydrogens is 362 g/mol. The molecule has 0 spiro atoms. The summed E-state index contributed by atoms with van der Waals surface area (Å²) < 4.78 is 0. The standard InChI is InChI=1S/C20H23N3O3S/c24-18-4-3-17(19(25)22-18)23-10-13-7-14(1-2-16(13)20(23)26)27-15-5-11-8-21-9-12(11)6-15/h1-2,7,11-12,15,17,21H,3-6,8-10H2,(H,22,24,25). The predicted molar refractivity (Wildman–Crippen MR) is 101 cm³/mol. The Hall–Kier alpha value is -1.86. The highest BCUT2D eigenvalue weighted by Crippen LogP contribution is 2.43. The lowest BCUT2D eigenvalue weighted by molar-refractivity contribution is -0.136.